The molecule has 0 aliphatic carbocycles. The Balaban J connectivity index is 2.94. The van der Waals surface area contributed by atoms with Gasteiger partial charge in [-0.05, 0) is 19.1 Å². The minimum absolute atomic E-state index is 0.0568. The number of para-hydroxylation sites is 1. The maximum absolute atomic E-state index is 11.7. The lowest BCUT2D eigenvalue weighted by atomic mass is 10.1. The number of phenols is 1. The predicted molar refractivity (Wildman–Crippen MR) is 60.2 cm³/mol. The number of rotatable bonds is 5. The number of carbonyl (C=O) groups is 2. The van der Waals surface area contributed by atoms with E-state index in [4.69, 9.17) is 4.74 Å². The number of ketones is 1. The van der Waals surface area contributed by atoms with Gasteiger partial charge in [0.2, 0.25) is 0 Å². The topological polar surface area (TPSA) is 72.8 Å². The van der Waals surface area contributed by atoms with Crippen LogP contribution in [-0.2, 0) is 9.53 Å². The minimum atomic E-state index is -0.642. The zero-order valence-corrected chi connectivity index (χ0v) is 9.73. The van der Waals surface area contributed by atoms with E-state index in [2.05, 4.69) is 4.74 Å². The molecule has 0 bridgehead atoms. The quantitative estimate of drug-likeness (QED) is 0.478. The first kappa shape index (κ1) is 13.0. The highest BCUT2D eigenvalue weighted by molar-refractivity contribution is 6.07. The monoisotopic (exact) mass is 238 g/mol. The summed E-state index contributed by atoms with van der Waals surface area (Å²) in [6, 6.07) is 4.56. The second kappa shape index (κ2) is 5.89. The number of methoxy groups -OCH3 is 1. The van der Waals surface area contributed by atoms with Crippen molar-refractivity contribution in [1.82, 2.24) is 0 Å². The van der Waals surface area contributed by atoms with Crippen molar-refractivity contribution in [3.8, 4) is 11.5 Å². The molecule has 0 saturated carbocycles. The molecule has 1 aromatic rings. The Hall–Kier alpha value is -2.04. The molecule has 0 heterocycles. The van der Waals surface area contributed by atoms with Crippen LogP contribution in [0.25, 0.3) is 0 Å². The van der Waals surface area contributed by atoms with Crippen LogP contribution in [0.4, 0.5) is 0 Å². The number of benzene rings is 1. The van der Waals surface area contributed by atoms with Gasteiger partial charge in [-0.1, -0.05) is 6.07 Å². The molecule has 92 valence electrons. The first-order valence-electron chi connectivity index (χ1n) is 5.15. The Kier molecular flexibility index (Phi) is 4.51. The van der Waals surface area contributed by atoms with Crippen molar-refractivity contribution in [2.45, 2.75) is 13.3 Å². The number of carbonyl (C=O) groups excluding carboxylic acids is 2. The molecule has 0 amide bonds. The highest BCUT2D eigenvalue weighted by atomic mass is 16.5. The molecule has 17 heavy (non-hydrogen) atoms. The maximum atomic E-state index is 11.7. The number of phenolic OH excluding ortho intramolecular Hbond substituents is 1. The van der Waals surface area contributed by atoms with Crippen LogP contribution in [-0.4, -0.2) is 30.6 Å². The Morgan fingerprint density at radius 3 is 2.65 bits per heavy atom. The Labute approximate surface area is 99.0 Å². The third-order valence-electron chi connectivity index (χ3n) is 2.13. The van der Waals surface area contributed by atoms with Crippen molar-refractivity contribution < 1.29 is 24.2 Å². The van der Waals surface area contributed by atoms with Gasteiger partial charge in [0.25, 0.3) is 0 Å². The lowest BCUT2D eigenvalue weighted by Crippen LogP contribution is -2.10. The van der Waals surface area contributed by atoms with Gasteiger partial charge in [0, 0.05) is 0 Å². The highest BCUT2D eigenvalue weighted by Gasteiger charge is 2.18. The number of aromatic hydroxyl groups is 1. The summed E-state index contributed by atoms with van der Waals surface area (Å²) in [5.41, 5.74) is 0.0568. The standard InChI is InChI=1S/C12H14O5/c1-3-17-10-6-4-5-8(12(10)15)9(13)7-11(14)16-2/h4-6,15H,3,7H2,1-2H3. The third-order valence-corrected chi connectivity index (χ3v) is 2.13. The molecular weight excluding hydrogens is 224 g/mol. The van der Waals surface area contributed by atoms with Crippen molar-refractivity contribution in [3.63, 3.8) is 0 Å². The van der Waals surface area contributed by atoms with E-state index in [1.807, 2.05) is 0 Å². The van der Waals surface area contributed by atoms with Gasteiger partial charge in [-0.15, -0.1) is 0 Å². The molecule has 1 aromatic carbocycles. The average Bonchev–Trinajstić information content (AvgIpc) is 2.31. The van der Waals surface area contributed by atoms with Gasteiger partial charge in [-0.2, -0.15) is 0 Å². The normalized spacial score (nSPS) is 9.76. The number of hydrogen-bond acceptors (Lipinski definition) is 5. The van der Waals surface area contributed by atoms with Crippen LogP contribution in [0.2, 0.25) is 0 Å². The average molecular weight is 238 g/mol. The Morgan fingerprint density at radius 1 is 1.35 bits per heavy atom. The summed E-state index contributed by atoms with van der Waals surface area (Å²) in [6.45, 7) is 2.14. The van der Waals surface area contributed by atoms with Crippen molar-refractivity contribution in [2.24, 2.45) is 0 Å². The highest BCUT2D eigenvalue weighted by Crippen LogP contribution is 2.30. The van der Waals surface area contributed by atoms with Crippen molar-refractivity contribution in [1.29, 1.82) is 0 Å². The van der Waals surface area contributed by atoms with Crippen LogP contribution in [0.15, 0.2) is 18.2 Å². The lowest BCUT2D eigenvalue weighted by Gasteiger charge is -2.08. The van der Waals surface area contributed by atoms with E-state index < -0.39 is 18.2 Å². The summed E-state index contributed by atoms with van der Waals surface area (Å²) < 4.78 is 9.53. The summed E-state index contributed by atoms with van der Waals surface area (Å²) in [5.74, 6) is -1.17. The molecule has 0 aliphatic heterocycles. The van der Waals surface area contributed by atoms with Gasteiger partial charge in [0.1, 0.15) is 6.42 Å². The van der Waals surface area contributed by atoms with E-state index in [0.29, 0.717) is 6.61 Å². The molecule has 0 aliphatic rings. The number of Topliss-reactive ketones (excluding diaryl/α,β-unsaturated/α-hetero) is 1. The Morgan fingerprint density at radius 2 is 2.06 bits per heavy atom. The molecule has 0 unspecified atom stereocenters. The van der Waals surface area contributed by atoms with Crippen LogP contribution in [0.5, 0.6) is 11.5 Å². The molecule has 0 spiro atoms. The lowest BCUT2D eigenvalue weighted by molar-refractivity contribution is -0.139. The number of ether oxygens (including phenoxy) is 2. The number of esters is 1. The molecule has 0 radical (unpaired) electrons. The SMILES string of the molecule is CCOc1cccc(C(=O)CC(=O)OC)c1O. The molecule has 5 heteroatoms. The van der Waals surface area contributed by atoms with Crippen LogP contribution >= 0.6 is 0 Å². The predicted octanol–water partition coefficient (Wildman–Crippen LogP) is 1.54. The molecule has 1 rings (SSSR count). The third kappa shape index (κ3) is 3.21. The summed E-state index contributed by atoms with van der Waals surface area (Å²) in [6.07, 6.45) is -0.403. The second-order valence-corrected chi connectivity index (χ2v) is 3.26. The fraction of sp³-hybridized carbons (Fsp3) is 0.333. The van der Waals surface area contributed by atoms with E-state index in [1.165, 1.54) is 13.2 Å². The summed E-state index contributed by atoms with van der Waals surface area (Å²) in [4.78, 5) is 22.6. The zero-order chi connectivity index (χ0) is 12.8. The van der Waals surface area contributed by atoms with Crippen LogP contribution in [0.3, 0.4) is 0 Å². The van der Waals surface area contributed by atoms with Gasteiger partial charge >= 0.3 is 5.97 Å². The molecule has 0 atom stereocenters. The van der Waals surface area contributed by atoms with Crippen molar-refractivity contribution in [3.05, 3.63) is 23.8 Å². The van der Waals surface area contributed by atoms with Crippen molar-refractivity contribution >= 4 is 11.8 Å². The zero-order valence-electron chi connectivity index (χ0n) is 9.73. The molecule has 0 fully saturated rings. The summed E-state index contributed by atoms with van der Waals surface area (Å²) in [7, 11) is 1.20. The molecule has 0 aromatic heterocycles. The maximum Gasteiger partial charge on any atom is 0.313 e. The fourth-order valence-electron chi connectivity index (χ4n) is 1.32. The Bertz CT molecular complexity index is 425. The molecule has 5 nitrogen and oxygen atoms in total. The van der Waals surface area contributed by atoms with Gasteiger partial charge < -0.3 is 14.6 Å². The van der Waals surface area contributed by atoms with Gasteiger partial charge in [0.05, 0.1) is 19.3 Å². The van der Waals surface area contributed by atoms with Gasteiger partial charge in [-0.3, -0.25) is 9.59 Å². The molecule has 0 saturated heterocycles. The number of hydrogen-bond donors (Lipinski definition) is 1. The van der Waals surface area contributed by atoms with E-state index in [1.54, 1.807) is 19.1 Å². The van der Waals surface area contributed by atoms with E-state index in [0.717, 1.165) is 0 Å². The van der Waals surface area contributed by atoms with Crippen LogP contribution in [0, 0.1) is 0 Å². The van der Waals surface area contributed by atoms with Crippen LogP contribution < -0.4 is 4.74 Å². The smallest absolute Gasteiger partial charge is 0.313 e. The molecule has 1 N–H and O–H groups in total. The summed E-state index contributed by atoms with van der Waals surface area (Å²) in [5, 5.41) is 9.78. The largest absolute Gasteiger partial charge is 0.504 e. The second-order valence-electron chi connectivity index (χ2n) is 3.26. The summed E-state index contributed by atoms with van der Waals surface area (Å²) >= 11 is 0. The van der Waals surface area contributed by atoms with Gasteiger partial charge in [0.15, 0.2) is 17.3 Å². The van der Waals surface area contributed by atoms with E-state index in [-0.39, 0.29) is 17.1 Å². The van der Waals surface area contributed by atoms with Crippen molar-refractivity contribution in [2.75, 3.05) is 13.7 Å². The minimum Gasteiger partial charge on any atom is -0.504 e. The fourth-order valence-corrected chi connectivity index (χ4v) is 1.32. The van der Waals surface area contributed by atoms with E-state index >= 15 is 0 Å². The van der Waals surface area contributed by atoms with Gasteiger partial charge in [-0.25, -0.2) is 0 Å². The van der Waals surface area contributed by atoms with Crippen LogP contribution in [0.1, 0.15) is 23.7 Å². The first-order chi connectivity index (χ1) is 8.10. The van der Waals surface area contributed by atoms with E-state index in [9.17, 15) is 14.7 Å². The molecular formula is C12H14O5. The first-order valence-corrected chi connectivity index (χ1v) is 5.15.